The maximum absolute atomic E-state index is 11.7. The van der Waals surface area contributed by atoms with Gasteiger partial charge in [0.05, 0.1) is 6.61 Å². The van der Waals surface area contributed by atoms with E-state index in [2.05, 4.69) is 20.8 Å². The number of esters is 1. The lowest BCUT2D eigenvalue weighted by Crippen LogP contribution is -2.57. The Balaban J connectivity index is 2.48. The maximum atomic E-state index is 11.7. The van der Waals surface area contributed by atoms with Crippen molar-refractivity contribution in [3.05, 3.63) is 22.8 Å². The van der Waals surface area contributed by atoms with E-state index >= 15 is 0 Å². The highest BCUT2D eigenvalue weighted by molar-refractivity contribution is 5.66. The van der Waals surface area contributed by atoms with Gasteiger partial charge in [0.25, 0.3) is 0 Å². The summed E-state index contributed by atoms with van der Waals surface area (Å²) >= 11 is 0. The molecule has 0 aromatic rings. The topological polar surface area (TPSA) is 66.8 Å². The molecule has 4 nitrogen and oxygen atoms in total. The molecule has 2 aliphatic carbocycles. The van der Waals surface area contributed by atoms with Crippen molar-refractivity contribution in [1.82, 2.24) is 0 Å². The number of hydrogen-bond donors (Lipinski definition) is 2. The van der Waals surface area contributed by atoms with Gasteiger partial charge < -0.3 is 14.9 Å². The summed E-state index contributed by atoms with van der Waals surface area (Å²) in [6.07, 6.45) is 5.65. The number of fused-ring (bicyclic) bond motifs is 1. The number of ether oxygens (including phenoxy) is 1. The Morgan fingerprint density at radius 2 is 1.92 bits per heavy atom. The molecule has 26 heavy (non-hydrogen) atoms. The third kappa shape index (κ3) is 3.91. The number of hydrogen-bond acceptors (Lipinski definition) is 4. The van der Waals surface area contributed by atoms with Crippen LogP contribution in [0.2, 0.25) is 0 Å². The number of aliphatic hydroxyl groups is 2. The lowest BCUT2D eigenvalue weighted by molar-refractivity contribution is -0.173. The second-order valence-corrected chi connectivity index (χ2v) is 9.15. The van der Waals surface area contributed by atoms with E-state index in [0.717, 1.165) is 37.7 Å². The van der Waals surface area contributed by atoms with Gasteiger partial charge in [0.1, 0.15) is 12.2 Å². The monoisotopic (exact) mass is 364 g/mol. The van der Waals surface area contributed by atoms with Crippen molar-refractivity contribution in [2.75, 3.05) is 6.61 Å². The lowest BCUT2D eigenvalue weighted by atomic mass is 9.48. The molecular formula is C22H36O4. The van der Waals surface area contributed by atoms with Crippen molar-refractivity contribution in [3.63, 3.8) is 0 Å². The molecule has 0 saturated heterocycles. The van der Waals surface area contributed by atoms with Gasteiger partial charge in [0, 0.05) is 12.8 Å². The molecule has 0 aromatic heterocycles. The van der Waals surface area contributed by atoms with Gasteiger partial charge >= 0.3 is 5.97 Å². The van der Waals surface area contributed by atoms with Crippen LogP contribution in [0.5, 0.6) is 0 Å². The zero-order valence-electron chi connectivity index (χ0n) is 17.3. The molecule has 2 N–H and O–H groups in total. The van der Waals surface area contributed by atoms with Gasteiger partial charge in [-0.1, -0.05) is 44.4 Å². The van der Waals surface area contributed by atoms with E-state index in [1.165, 1.54) is 18.1 Å². The first-order valence-corrected chi connectivity index (χ1v) is 9.86. The van der Waals surface area contributed by atoms with Gasteiger partial charge in [0.2, 0.25) is 0 Å². The molecular weight excluding hydrogens is 328 g/mol. The van der Waals surface area contributed by atoms with Crippen molar-refractivity contribution >= 4 is 5.97 Å². The fourth-order valence-corrected chi connectivity index (χ4v) is 5.68. The fraction of sp³-hybridized carbons (Fsp3) is 0.773. The van der Waals surface area contributed by atoms with Crippen LogP contribution in [0, 0.1) is 16.7 Å². The first kappa shape index (κ1) is 21.2. The van der Waals surface area contributed by atoms with Gasteiger partial charge in [-0.05, 0) is 55.9 Å². The quantitative estimate of drug-likeness (QED) is 0.568. The molecule has 0 bridgehead atoms. The van der Waals surface area contributed by atoms with Crippen LogP contribution in [0.15, 0.2) is 22.8 Å². The fourth-order valence-electron chi connectivity index (χ4n) is 5.68. The van der Waals surface area contributed by atoms with Crippen LogP contribution < -0.4 is 0 Å². The van der Waals surface area contributed by atoms with Crippen LogP contribution in [-0.4, -0.2) is 35.0 Å². The Morgan fingerprint density at radius 3 is 2.50 bits per heavy atom. The molecule has 4 atom stereocenters. The smallest absolute Gasteiger partial charge is 0.303 e. The standard InChI is InChI=1S/C22H36O4/c1-14(10-13-23)8-9-17-15(2)18(25)19(26-16(3)24)20-21(4,5)11-7-12-22(17,20)6/h10,18-20,23,25H,7-9,11-13H2,1-6H3. The molecule has 0 aliphatic heterocycles. The predicted molar refractivity (Wildman–Crippen MR) is 104 cm³/mol. The Bertz CT molecular complexity index is 601. The molecule has 0 amide bonds. The predicted octanol–water partition coefficient (Wildman–Crippen LogP) is 4.16. The van der Waals surface area contributed by atoms with Crippen LogP contribution in [0.25, 0.3) is 0 Å². The molecule has 148 valence electrons. The highest BCUT2D eigenvalue weighted by atomic mass is 16.6. The summed E-state index contributed by atoms with van der Waals surface area (Å²) in [6, 6.07) is 0. The summed E-state index contributed by atoms with van der Waals surface area (Å²) in [4.78, 5) is 11.7. The molecule has 4 heteroatoms. The highest BCUT2D eigenvalue weighted by Crippen LogP contribution is 2.61. The van der Waals surface area contributed by atoms with Gasteiger partial charge in [-0.2, -0.15) is 0 Å². The summed E-state index contributed by atoms with van der Waals surface area (Å²) in [5.41, 5.74) is 3.36. The molecule has 1 saturated carbocycles. The maximum Gasteiger partial charge on any atom is 0.303 e. The second kappa shape index (κ2) is 7.85. The molecule has 0 heterocycles. The summed E-state index contributed by atoms with van der Waals surface area (Å²) in [6.45, 7) is 12.3. The van der Waals surface area contributed by atoms with Crippen LogP contribution in [-0.2, 0) is 9.53 Å². The first-order valence-electron chi connectivity index (χ1n) is 9.86. The number of carbonyl (C=O) groups is 1. The number of carbonyl (C=O) groups excluding carboxylic acids is 1. The molecule has 0 spiro atoms. The Labute approximate surface area is 158 Å². The highest BCUT2D eigenvalue weighted by Gasteiger charge is 2.57. The molecule has 4 unspecified atom stereocenters. The summed E-state index contributed by atoms with van der Waals surface area (Å²) in [7, 11) is 0. The average molecular weight is 365 g/mol. The molecule has 0 aromatic carbocycles. The Morgan fingerprint density at radius 1 is 1.27 bits per heavy atom. The van der Waals surface area contributed by atoms with Crippen LogP contribution in [0.4, 0.5) is 0 Å². The van der Waals surface area contributed by atoms with E-state index in [9.17, 15) is 9.90 Å². The van der Waals surface area contributed by atoms with Crippen molar-refractivity contribution in [2.24, 2.45) is 16.7 Å². The van der Waals surface area contributed by atoms with Crippen LogP contribution >= 0.6 is 0 Å². The molecule has 2 aliphatic rings. The van der Waals surface area contributed by atoms with Gasteiger partial charge in [0.15, 0.2) is 0 Å². The molecule has 1 fully saturated rings. The van der Waals surface area contributed by atoms with E-state index < -0.39 is 12.2 Å². The van der Waals surface area contributed by atoms with Crippen LogP contribution in [0.1, 0.15) is 73.6 Å². The number of rotatable bonds is 5. The van der Waals surface area contributed by atoms with Crippen LogP contribution in [0.3, 0.4) is 0 Å². The zero-order chi connectivity index (χ0) is 19.7. The Hall–Kier alpha value is -1.13. The van der Waals surface area contributed by atoms with Gasteiger partial charge in [-0.25, -0.2) is 0 Å². The largest absolute Gasteiger partial charge is 0.459 e. The van der Waals surface area contributed by atoms with Crippen molar-refractivity contribution in [2.45, 2.75) is 85.9 Å². The van der Waals surface area contributed by atoms with E-state index in [0.29, 0.717) is 0 Å². The summed E-state index contributed by atoms with van der Waals surface area (Å²) < 4.78 is 5.69. The minimum Gasteiger partial charge on any atom is -0.459 e. The summed E-state index contributed by atoms with van der Waals surface area (Å²) in [5, 5.41) is 20.1. The van der Waals surface area contributed by atoms with Crippen molar-refractivity contribution in [3.8, 4) is 0 Å². The van der Waals surface area contributed by atoms with E-state index in [-0.39, 0.29) is 29.3 Å². The average Bonchev–Trinajstić information content (AvgIpc) is 2.51. The number of aliphatic hydroxyl groups excluding tert-OH is 2. The third-order valence-electron chi connectivity index (χ3n) is 6.81. The SMILES string of the molecule is CC(=O)OC1C(O)C(C)=C(CCC(C)=CCO)C2(C)CCCC(C)(C)C12. The van der Waals surface area contributed by atoms with E-state index in [4.69, 9.17) is 9.84 Å². The molecule has 2 rings (SSSR count). The summed E-state index contributed by atoms with van der Waals surface area (Å²) in [5.74, 6) is -0.223. The lowest BCUT2D eigenvalue weighted by Gasteiger charge is -2.58. The van der Waals surface area contributed by atoms with E-state index in [1.54, 1.807) is 0 Å². The van der Waals surface area contributed by atoms with Crippen molar-refractivity contribution < 1.29 is 19.7 Å². The zero-order valence-corrected chi connectivity index (χ0v) is 17.3. The normalized spacial score (nSPS) is 34.5. The van der Waals surface area contributed by atoms with Crippen molar-refractivity contribution in [1.29, 1.82) is 0 Å². The minimum atomic E-state index is -0.744. The van der Waals surface area contributed by atoms with Gasteiger partial charge in [-0.3, -0.25) is 4.79 Å². The molecule has 0 radical (unpaired) electrons. The second-order valence-electron chi connectivity index (χ2n) is 9.15. The number of allylic oxidation sites excluding steroid dienone is 2. The first-order chi connectivity index (χ1) is 12.0. The third-order valence-corrected chi connectivity index (χ3v) is 6.81. The Kier molecular flexibility index (Phi) is 6.40. The van der Waals surface area contributed by atoms with E-state index in [1.807, 2.05) is 19.9 Å². The van der Waals surface area contributed by atoms with Gasteiger partial charge in [-0.15, -0.1) is 0 Å². The minimum absolute atomic E-state index is 0.00394.